The zero-order valence-electron chi connectivity index (χ0n) is 16.4. The van der Waals surface area contributed by atoms with Crippen molar-refractivity contribution in [1.82, 2.24) is 28.9 Å². The number of fused-ring (bicyclic) bond motifs is 1. The number of nitrogens with one attached hydrogen (secondary N) is 1. The predicted octanol–water partition coefficient (Wildman–Crippen LogP) is 2.87. The maximum atomic E-state index is 5.55. The van der Waals surface area contributed by atoms with Crippen LogP contribution in [0.15, 0.2) is 35.1 Å². The molecule has 2 unspecified atom stereocenters. The highest BCUT2D eigenvalue weighted by Crippen LogP contribution is 2.68. The Morgan fingerprint density at radius 3 is 3.00 bits per heavy atom. The van der Waals surface area contributed by atoms with Gasteiger partial charge in [-0.25, -0.2) is 9.97 Å². The van der Waals surface area contributed by atoms with Crippen LogP contribution < -0.4 is 10.2 Å². The van der Waals surface area contributed by atoms with Crippen molar-refractivity contribution < 1.29 is 4.42 Å². The van der Waals surface area contributed by atoms with Gasteiger partial charge in [0, 0.05) is 42.8 Å². The summed E-state index contributed by atoms with van der Waals surface area (Å²) in [4.78, 5) is 16.0. The molecule has 1 aliphatic heterocycles. The number of anilines is 2. The van der Waals surface area contributed by atoms with Gasteiger partial charge in [0.05, 0.1) is 6.26 Å². The second kappa shape index (κ2) is 5.78. The van der Waals surface area contributed by atoms with E-state index in [1.807, 2.05) is 25.1 Å². The lowest BCUT2D eigenvalue weighted by molar-refractivity contribution is -0.117. The number of furan rings is 1. The Balaban J connectivity index is 1.17. The average molecular weight is 421 g/mol. The van der Waals surface area contributed by atoms with Crippen LogP contribution in [0.4, 0.5) is 11.1 Å². The van der Waals surface area contributed by atoms with Crippen molar-refractivity contribution >= 4 is 28.4 Å². The van der Waals surface area contributed by atoms with E-state index < -0.39 is 0 Å². The van der Waals surface area contributed by atoms with Crippen molar-refractivity contribution in [1.29, 1.82) is 0 Å². The fraction of sp³-hybridized carbons (Fsp3) is 0.450. The van der Waals surface area contributed by atoms with Gasteiger partial charge in [-0.15, -0.1) is 5.10 Å². The molecule has 152 valence electrons. The standard InChI is InChI=1S/C20H20N8OS/c1-11-22-19(30-26-11)27-9-13-16(12-4-6-20(12,13)10-27)23-17-24-18-21-7-5-14(28(18)25-17)15-3-2-8-29-15/h2-3,5,7-8,12-13,16H,4,6,9-10H2,1H3,(H,23,25)/t12-,13-,16?,20?/m1/s1. The van der Waals surface area contributed by atoms with E-state index in [2.05, 4.69) is 29.5 Å². The van der Waals surface area contributed by atoms with Gasteiger partial charge in [-0.05, 0) is 49.3 Å². The molecule has 30 heavy (non-hydrogen) atoms. The van der Waals surface area contributed by atoms with Crippen molar-refractivity contribution in [2.24, 2.45) is 17.3 Å². The lowest BCUT2D eigenvalue weighted by Gasteiger charge is -2.65. The first kappa shape index (κ1) is 16.8. The molecule has 1 N–H and O–H groups in total. The van der Waals surface area contributed by atoms with Crippen LogP contribution >= 0.6 is 11.5 Å². The van der Waals surface area contributed by atoms with Crippen molar-refractivity contribution in [3.05, 3.63) is 36.5 Å². The van der Waals surface area contributed by atoms with Gasteiger partial charge in [-0.3, -0.25) is 0 Å². The molecular formula is C20H20N8OS. The smallest absolute Gasteiger partial charge is 0.254 e. The molecule has 10 heteroatoms. The maximum absolute atomic E-state index is 5.55. The Morgan fingerprint density at radius 2 is 2.23 bits per heavy atom. The zero-order valence-corrected chi connectivity index (χ0v) is 17.2. The minimum absolute atomic E-state index is 0.391. The summed E-state index contributed by atoms with van der Waals surface area (Å²) in [7, 11) is 0. The molecule has 4 aromatic heterocycles. The zero-order chi connectivity index (χ0) is 19.9. The molecular weight excluding hydrogens is 400 g/mol. The van der Waals surface area contributed by atoms with Crippen LogP contribution in [0.5, 0.6) is 0 Å². The molecule has 0 amide bonds. The molecule has 0 bridgehead atoms. The van der Waals surface area contributed by atoms with Crippen LogP contribution in [-0.4, -0.2) is 48.1 Å². The molecule has 0 aromatic carbocycles. The molecule has 3 fully saturated rings. The number of rotatable bonds is 4. The fourth-order valence-corrected chi connectivity index (χ4v) is 6.52. The summed E-state index contributed by atoms with van der Waals surface area (Å²) < 4.78 is 11.7. The highest BCUT2D eigenvalue weighted by atomic mass is 32.1. The van der Waals surface area contributed by atoms with Crippen molar-refractivity contribution in [3.8, 4) is 11.5 Å². The second-order valence-corrected chi connectivity index (χ2v) is 9.34. The van der Waals surface area contributed by atoms with Gasteiger partial charge in [0.1, 0.15) is 11.5 Å². The first-order valence-electron chi connectivity index (χ1n) is 10.3. The minimum Gasteiger partial charge on any atom is -0.463 e. The summed E-state index contributed by atoms with van der Waals surface area (Å²) in [6.07, 6.45) is 5.97. The number of hydrogen-bond donors (Lipinski definition) is 1. The summed E-state index contributed by atoms with van der Waals surface area (Å²) in [5.74, 6) is 4.08. The van der Waals surface area contributed by atoms with Crippen LogP contribution in [0.1, 0.15) is 18.7 Å². The molecule has 9 nitrogen and oxygen atoms in total. The Morgan fingerprint density at radius 1 is 1.27 bits per heavy atom. The van der Waals surface area contributed by atoms with E-state index in [9.17, 15) is 0 Å². The number of aromatic nitrogens is 6. The third-order valence-corrected chi connectivity index (χ3v) is 8.13. The van der Waals surface area contributed by atoms with Crippen molar-refractivity contribution in [3.63, 3.8) is 0 Å². The first-order valence-corrected chi connectivity index (χ1v) is 11.1. The Labute approximate surface area is 176 Å². The van der Waals surface area contributed by atoms with E-state index in [-0.39, 0.29) is 0 Å². The third kappa shape index (κ3) is 2.14. The van der Waals surface area contributed by atoms with Gasteiger partial charge < -0.3 is 14.6 Å². The van der Waals surface area contributed by atoms with E-state index in [0.717, 1.165) is 35.5 Å². The normalized spacial score (nSPS) is 29.4. The highest BCUT2D eigenvalue weighted by Gasteiger charge is 2.70. The SMILES string of the molecule is Cc1nsc(N2C[C@@H]3C(Nc4nc5nccc(-c6ccco6)n5n4)[C@H]4CCC43C2)n1. The van der Waals surface area contributed by atoms with E-state index >= 15 is 0 Å². The molecule has 4 aromatic rings. The lowest BCUT2D eigenvalue weighted by atomic mass is 9.41. The molecule has 2 aliphatic carbocycles. The Kier molecular flexibility index (Phi) is 3.23. The van der Waals surface area contributed by atoms with Gasteiger partial charge in [0.2, 0.25) is 11.1 Å². The predicted molar refractivity (Wildman–Crippen MR) is 111 cm³/mol. The van der Waals surface area contributed by atoms with Crippen molar-refractivity contribution in [2.45, 2.75) is 25.8 Å². The van der Waals surface area contributed by atoms with E-state index in [4.69, 9.17) is 9.52 Å². The largest absolute Gasteiger partial charge is 0.463 e. The van der Waals surface area contributed by atoms with Gasteiger partial charge in [-0.1, -0.05) is 0 Å². The first-order chi connectivity index (χ1) is 14.7. The summed E-state index contributed by atoms with van der Waals surface area (Å²) >= 11 is 1.51. The summed E-state index contributed by atoms with van der Waals surface area (Å²) in [5.41, 5.74) is 1.27. The topological polar surface area (TPSA) is 97.3 Å². The van der Waals surface area contributed by atoms with Gasteiger partial charge in [0.25, 0.3) is 5.78 Å². The fourth-order valence-electron chi connectivity index (χ4n) is 5.84. The molecule has 4 atom stereocenters. The molecule has 7 rings (SSSR count). The molecule has 1 spiro atoms. The number of nitrogens with zero attached hydrogens (tertiary/aromatic N) is 7. The van der Waals surface area contributed by atoms with Crippen LogP contribution in [0.2, 0.25) is 0 Å². The summed E-state index contributed by atoms with van der Waals surface area (Å²) in [6, 6.07) is 6.07. The summed E-state index contributed by atoms with van der Waals surface area (Å²) in [5, 5.41) is 9.40. The molecule has 3 aliphatic rings. The Hall–Kier alpha value is -3.01. The lowest BCUT2D eigenvalue weighted by Crippen LogP contribution is -2.68. The molecule has 5 heterocycles. The van der Waals surface area contributed by atoms with Crippen molar-refractivity contribution in [2.75, 3.05) is 23.3 Å². The van der Waals surface area contributed by atoms with Crippen LogP contribution in [0, 0.1) is 24.2 Å². The number of aryl methyl sites for hydroxylation is 1. The van der Waals surface area contributed by atoms with Gasteiger partial charge in [-0.2, -0.15) is 13.9 Å². The molecule has 0 radical (unpaired) electrons. The van der Waals surface area contributed by atoms with Gasteiger partial charge in [0.15, 0.2) is 5.76 Å². The molecule has 2 saturated carbocycles. The summed E-state index contributed by atoms with van der Waals surface area (Å²) in [6.45, 7) is 4.07. The highest BCUT2D eigenvalue weighted by molar-refractivity contribution is 7.09. The van der Waals surface area contributed by atoms with E-state index in [1.54, 1.807) is 17.0 Å². The maximum Gasteiger partial charge on any atom is 0.254 e. The van der Waals surface area contributed by atoms with Crippen LogP contribution in [0.25, 0.3) is 17.2 Å². The molecule has 1 saturated heterocycles. The number of hydrogen-bond acceptors (Lipinski definition) is 9. The van der Waals surface area contributed by atoms with E-state index in [0.29, 0.717) is 35.0 Å². The second-order valence-electron chi connectivity index (χ2n) is 8.61. The van der Waals surface area contributed by atoms with Crippen LogP contribution in [-0.2, 0) is 0 Å². The van der Waals surface area contributed by atoms with Gasteiger partial charge >= 0.3 is 0 Å². The quantitative estimate of drug-likeness (QED) is 0.538. The Bertz CT molecular complexity index is 1250. The third-order valence-electron chi connectivity index (χ3n) is 7.26. The monoisotopic (exact) mass is 420 g/mol. The van der Waals surface area contributed by atoms with Crippen LogP contribution in [0.3, 0.4) is 0 Å². The van der Waals surface area contributed by atoms with E-state index in [1.165, 1.54) is 24.4 Å². The average Bonchev–Trinajstić information content (AvgIpc) is 3.50. The minimum atomic E-state index is 0.391.